The second kappa shape index (κ2) is 5.21. The Balaban J connectivity index is 1.73. The molecule has 0 unspecified atom stereocenters. The van der Waals surface area contributed by atoms with E-state index in [4.69, 9.17) is 10.5 Å². The van der Waals surface area contributed by atoms with E-state index in [9.17, 15) is 0 Å². The van der Waals surface area contributed by atoms with Gasteiger partial charge in [-0.15, -0.1) is 5.10 Å². The van der Waals surface area contributed by atoms with Crippen LogP contribution in [-0.2, 0) is 7.05 Å². The molecular weight excluding hydrogens is 204 g/mol. The fraction of sp³-hybridized carbons (Fsp3) is 0.727. The van der Waals surface area contributed by atoms with Crippen LogP contribution in [0.1, 0.15) is 19.3 Å². The number of piperidine rings is 1. The molecule has 2 heterocycles. The minimum absolute atomic E-state index is 0.555. The molecule has 0 atom stereocenters. The number of hydrogen-bond acceptors (Lipinski definition) is 4. The average molecular weight is 224 g/mol. The highest BCUT2D eigenvalue weighted by atomic mass is 16.5. The summed E-state index contributed by atoms with van der Waals surface area (Å²) in [7, 11) is 1.84. The maximum atomic E-state index is 5.74. The Labute approximate surface area is 96.2 Å². The first-order valence-electron chi connectivity index (χ1n) is 5.90. The molecule has 5 heteroatoms. The Bertz CT molecular complexity index is 331. The van der Waals surface area contributed by atoms with Crippen LogP contribution >= 0.6 is 0 Å². The highest BCUT2D eigenvalue weighted by Crippen LogP contribution is 2.17. The van der Waals surface area contributed by atoms with Crippen LogP contribution in [0, 0.1) is 0 Å². The third kappa shape index (κ3) is 2.88. The Morgan fingerprint density at radius 3 is 2.75 bits per heavy atom. The Morgan fingerprint density at radius 1 is 1.38 bits per heavy atom. The van der Waals surface area contributed by atoms with E-state index in [1.165, 1.54) is 32.4 Å². The molecule has 0 amide bonds. The van der Waals surface area contributed by atoms with Crippen LogP contribution in [0.4, 0.5) is 5.69 Å². The molecule has 0 bridgehead atoms. The molecule has 0 spiro atoms. The molecule has 90 valence electrons. The Kier molecular flexibility index (Phi) is 3.66. The third-order valence-electron chi connectivity index (χ3n) is 2.92. The molecule has 16 heavy (non-hydrogen) atoms. The zero-order valence-electron chi connectivity index (χ0n) is 9.85. The summed E-state index contributed by atoms with van der Waals surface area (Å²) in [5.74, 6) is 0.555. The molecule has 1 aromatic rings. The van der Waals surface area contributed by atoms with Crippen molar-refractivity contribution < 1.29 is 4.74 Å². The topological polar surface area (TPSA) is 56.3 Å². The van der Waals surface area contributed by atoms with E-state index in [0.717, 1.165) is 6.54 Å². The van der Waals surface area contributed by atoms with Crippen LogP contribution in [0.25, 0.3) is 0 Å². The lowest BCUT2D eigenvalue weighted by Crippen LogP contribution is -2.33. The van der Waals surface area contributed by atoms with Crippen molar-refractivity contribution in [2.45, 2.75) is 19.3 Å². The maximum Gasteiger partial charge on any atom is 0.256 e. The zero-order valence-corrected chi connectivity index (χ0v) is 9.85. The second-order valence-electron chi connectivity index (χ2n) is 4.31. The smallest absolute Gasteiger partial charge is 0.256 e. The standard InChI is InChI=1S/C11H20N4O/c1-14-9-10(12)11(13-14)16-8-7-15-5-3-2-4-6-15/h9H,2-8,12H2,1H3. The van der Waals surface area contributed by atoms with Crippen molar-refractivity contribution in [2.24, 2.45) is 7.05 Å². The largest absolute Gasteiger partial charge is 0.474 e. The summed E-state index contributed by atoms with van der Waals surface area (Å²) in [5, 5.41) is 4.14. The molecule has 1 aliphatic rings. The normalized spacial score (nSPS) is 17.6. The number of aromatic nitrogens is 2. The van der Waals surface area contributed by atoms with Crippen molar-refractivity contribution in [1.29, 1.82) is 0 Å². The van der Waals surface area contributed by atoms with E-state index in [-0.39, 0.29) is 0 Å². The van der Waals surface area contributed by atoms with E-state index in [1.54, 1.807) is 10.9 Å². The number of likely N-dealkylation sites (tertiary alicyclic amines) is 1. The summed E-state index contributed by atoms with van der Waals surface area (Å²) >= 11 is 0. The van der Waals surface area contributed by atoms with Gasteiger partial charge in [0.05, 0.1) is 6.20 Å². The van der Waals surface area contributed by atoms with Crippen molar-refractivity contribution in [3.05, 3.63) is 6.20 Å². The highest BCUT2D eigenvalue weighted by molar-refractivity contribution is 5.45. The van der Waals surface area contributed by atoms with Gasteiger partial charge in [0.15, 0.2) is 0 Å². The Morgan fingerprint density at radius 2 is 2.12 bits per heavy atom. The summed E-state index contributed by atoms with van der Waals surface area (Å²) in [6.45, 7) is 4.03. The highest BCUT2D eigenvalue weighted by Gasteiger charge is 2.10. The summed E-state index contributed by atoms with van der Waals surface area (Å²) in [5.41, 5.74) is 6.35. The maximum absolute atomic E-state index is 5.74. The van der Waals surface area contributed by atoms with Gasteiger partial charge < -0.3 is 10.5 Å². The lowest BCUT2D eigenvalue weighted by Gasteiger charge is -2.25. The van der Waals surface area contributed by atoms with Crippen molar-refractivity contribution >= 4 is 5.69 Å². The first-order chi connectivity index (χ1) is 7.75. The van der Waals surface area contributed by atoms with Crippen LogP contribution in [0.5, 0.6) is 5.88 Å². The SMILES string of the molecule is Cn1cc(N)c(OCCN2CCCCC2)n1. The number of nitrogens with zero attached hydrogens (tertiary/aromatic N) is 3. The van der Waals surface area contributed by atoms with Crippen LogP contribution in [0.2, 0.25) is 0 Å². The first-order valence-corrected chi connectivity index (χ1v) is 5.90. The average Bonchev–Trinajstić information content (AvgIpc) is 2.59. The molecule has 1 aliphatic heterocycles. The van der Waals surface area contributed by atoms with Crippen molar-refractivity contribution in [3.8, 4) is 5.88 Å². The molecule has 1 saturated heterocycles. The fourth-order valence-corrected chi connectivity index (χ4v) is 2.05. The summed E-state index contributed by atoms with van der Waals surface area (Å²) in [6, 6.07) is 0. The molecule has 5 nitrogen and oxygen atoms in total. The van der Waals surface area contributed by atoms with Gasteiger partial charge in [-0.3, -0.25) is 9.58 Å². The fourth-order valence-electron chi connectivity index (χ4n) is 2.05. The third-order valence-corrected chi connectivity index (χ3v) is 2.92. The number of nitrogens with two attached hydrogens (primary N) is 1. The van der Waals surface area contributed by atoms with E-state index in [0.29, 0.717) is 18.2 Å². The second-order valence-corrected chi connectivity index (χ2v) is 4.31. The van der Waals surface area contributed by atoms with Crippen LogP contribution in [-0.4, -0.2) is 40.9 Å². The number of aryl methyl sites for hydroxylation is 1. The van der Waals surface area contributed by atoms with E-state index in [1.807, 2.05) is 7.05 Å². The van der Waals surface area contributed by atoms with Gasteiger partial charge in [0.25, 0.3) is 5.88 Å². The summed E-state index contributed by atoms with van der Waals surface area (Å²) < 4.78 is 7.23. The summed E-state index contributed by atoms with van der Waals surface area (Å²) in [4.78, 5) is 2.43. The summed E-state index contributed by atoms with van der Waals surface area (Å²) in [6.07, 6.45) is 5.75. The van der Waals surface area contributed by atoms with E-state index < -0.39 is 0 Å². The van der Waals surface area contributed by atoms with Crippen LogP contribution in [0.15, 0.2) is 6.20 Å². The number of ether oxygens (including phenoxy) is 1. The van der Waals surface area contributed by atoms with Gasteiger partial charge in [-0.2, -0.15) is 0 Å². The predicted molar refractivity (Wildman–Crippen MR) is 63.4 cm³/mol. The molecular formula is C11H20N4O. The van der Waals surface area contributed by atoms with Gasteiger partial charge >= 0.3 is 0 Å². The lowest BCUT2D eigenvalue weighted by molar-refractivity contribution is 0.180. The number of anilines is 1. The van der Waals surface area contributed by atoms with Gasteiger partial charge in [-0.25, -0.2) is 0 Å². The van der Waals surface area contributed by atoms with Crippen molar-refractivity contribution in [2.75, 3.05) is 32.0 Å². The van der Waals surface area contributed by atoms with Gasteiger partial charge in [0, 0.05) is 13.6 Å². The molecule has 1 aromatic heterocycles. The van der Waals surface area contributed by atoms with Gasteiger partial charge in [-0.05, 0) is 25.9 Å². The van der Waals surface area contributed by atoms with Gasteiger partial charge in [-0.1, -0.05) is 6.42 Å². The minimum atomic E-state index is 0.555. The predicted octanol–water partition coefficient (Wildman–Crippen LogP) is 0.867. The van der Waals surface area contributed by atoms with Crippen LogP contribution in [0.3, 0.4) is 0 Å². The number of rotatable bonds is 4. The quantitative estimate of drug-likeness (QED) is 0.824. The minimum Gasteiger partial charge on any atom is -0.474 e. The lowest BCUT2D eigenvalue weighted by atomic mass is 10.1. The van der Waals surface area contributed by atoms with Gasteiger partial charge in [0.2, 0.25) is 0 Å². The van der Waals surface area contributed by atoms with E-state index >= 15 is 0 Å². The monoisotopic (exact) mass is 224 g/mol. The van der Waals surface area contributed by atoms with E-state index in [2.05, 4.69) is 10.00 Å². The molecule has 0 aliphatic carbocycles. The molecule has 0 radical (unpaired) electrons. The number of hydrogen-bond donors (Lipinski definition) is 1. The Hall–Kier alpha value is -1.23. The first kappa shape index (κ1) is 11.3. The van der Waals surface area contributed by atoms with Crippen molar-refractivity contribution in [1.82, 2.24) is 14.7 Å². The van der Waals surface area contributed by atoms with Gasteiger partial charge in [0.1, 0.15) is 12.3 Å². The number of nitrogen functional groups attached to an aromatic ring is 1. The molecule has 2 rings (SSSR count). The zero-order chi connectivity index (χ0) is 11.4. The molecule has 0 aromatic carbocycles. The molecule has 1 fully saturated rings. The molecule has 0 saturated carbocycles. The van der Waals surface area contributed by atoms with Crippen LogP contribution < -0.4 is 10.5 Å². The molecule has 2 N–H and O–H groups in total. The van der Waals surface area contributed by atoms with Crippen molar-refractivity contribution in [3.63, 3.8) is 0 Å².